The fraction of sp³-hybridized carbons (Fsp3) is 0.385. The van der Waals surface area contributed by atoms with Crippen LogP contribution in [0.25, 0.3) is 0 Å². The Morgan fingerprint density at radius 3 is 2.38 bits per heavy atom. The fourth-order valence-electron chi connectivity index (χ4n) is 2.10. The van der Waals surface area contributed by atoms with Gasteiger partial charge < -0.3 is 15.0 Å². The van der Waals surface area contributed by atoms with Crippen LogP contribution in [0.5, 0.6) is 5.75 Å². The standard InChI is InChI=1S/C13H15ClF3N5O.ClH/c14-9-7-8(3-4-10(9)23-13(15,16)17)20-11(18)21-12(19)22-5-1-2-6-22;/h3-4,7H,1-2,5-6H2,(H4,18,19,20,21);1H. The van der Waals surface area contributed by atoms with Crippen molar-refractivity contribution in [1.29, 1.82) is 10.8 Å². The summed E-state index contributed by atoms with van der Waals surface area (Å²) in [4.78, 5) is 1.80. The van der Waals surface area contributed by atoms with Crippen LogP contribution in [-0.2, 0) is 0 Å². The number of halogens is 5. The quantitative estimate of drug-likeness (QED) is 0.462. The Bertz CT molecular complexity index is 606. The van der Waals surface area contributed by atoms with Gasteiger partial charge in [-0.05, 0) is 31.0 Å². The molecule has 1 aliphatic rings. The third-order valence-corrected chi connectivity index (χ3v) is 3.39. The van der Waals surface area contributed by atoms with Gasteiger partial charge in [0.15, 0.2) is 11.9 Å². The second-order valence-electron chi connectivity index (χ2n) is 4.86. The van der Waals surface area contributed by atoms with E-state index in [4.69, 9.17) is 22.4 Å². The summed E-state index contributed by atoms with van der Waals surface area (Å²) in [6.45, 7) is 1.52. The van der Waals surface area contributed by atoms with Gasteiger partial charge in [-0.25, -0.2) is 0 Å². The van der Waals surface area contributed by atoms with Crippen LogP contribution in [0.2, 0.25) is 5.02 Å². The zero-order valence-electron chi connectivity index (χ0n) is 12.3. The van der Waals surface area contributed by atoms with Crippen molar-refractivity contribution >= 4 is 41.6 Å². The number of hydrogen-bond donors (Lipinski definition) is 4. The van der Waals surface area contributed by atoms with Crippen LogP contribution in [0.4, 0.5) is 18.9 Å². The molecule has 1 heterocycles. The van der Waals surface area contributed by atoms with E-state index in [2.05, 4.69) is 15.4 Å². The summed E-state index contributed by atoms with van der Waals surface area (Å²) >= 11 is 5.72. The minimum Gasteiger partial charge on any atom is -0.404 e. The zero-order valence-corrected chi connectivity index (χ0v) is 13.9. The fourth-order valence-corrected chi connectivity index (χ4v) is 2.32. The Hall–Kier alpha value is -1.87. The second-order valence-corrected chi connectivity index (χ2v) is 5.27. The molecule has 4 N–H and O–H groups in total. The van der Waals surface area contributed by atoms with E-state index in [9.17, 15) is 13.2 Å². The molecule has 1 saturated heterocycles. The highest BCUT2D eigenvalue weighted by molar-refractivity contribution is 6.32. The van der Waals surface area contributed by atoms with Crippen molar-refractivity contribution in [3.8, 4) is 5.75 Å². The molecular weight excluding hydrogens is 370 g/mol. The molecule has 6 nitrogen and oxygen atoms in total. The van der Waals surface area contributed by atoms with E-state index in [0.29, 0.717) is 5.69 Å². The molecule has 0 aromatic heterocycles. The number of nitrogens with one attached hydrogen (secondary N) is 4. The van der Waals surface area contributed by atoms with Gasteiger partial charge in [0, 0.05) is 18.8 Å². The number of hydrogen-bond acceptors (Lipinski definition) is 3. The lowest BCUT2D eigenvalue weighted by Crippen LogP contribution is -2.44. The van der Waals surface area contributed by atoms with Crippen molar-refractivity contribution in [2.75, 3.05) is 18.4 Å². The SMILES string of the molecule is Cl.N=C(NC(=N)N1CCCC1)Nc1ccc(OC(F)(F)F)c(Cl)c1. The van der Waals surface area contributed by atoms with Gasteiger partial charge in [0.05, 0.1) is 5.02 Å². The summed E-state index contributed by atoms with van der Waals surface area (Å²) in [7, 11) is 0. The molecule has 24 heavy (non-hydrogen) atoms. The molecule has 11 heteroatoms. The van der Waals surface area contributed by atoms with Crippen LogP contribution < -0.4 is 15.4 Å². The second kappa shape index (κ2) is 8.29. The van der Waals surface area contributed by atoms with Gasteiger partial charge in [-0.15, -0.1) is 25.6 Å². The third kappa shape index (κ3) is 5.97. The minimum absolute atomic E-state index is 0. The van der Waals surface area contributed by atoms with E-state index in [0.717, 1.165) is 32.0 Å². The Balaban J connectivity index is 0.00000288. The lowest BCUT2D eigenvalue weighted by Gasteiger charge is -2.20. The van der Waals surface area contributed by atoms with Crippen LogP contribution in [0, 0.1) is 10.8 Å². The Morgan fingerprint density at radius 2 is 1.83 bits per heavy atom. The molecule has 1 aromatic carbocycles. The van der Waals surface area contributed by atoms with Crippen molar-refractivity contribution in [3.63, 3.8) is 0 Å². The van der Waals surface area contributed by atoms with Gasteiger partial charge in [0.1, 0.15) is 5.75 Å². The molecule has 0 radical (unpaired) electrons. The van der Waals surface area contributed by atoms with Crippen molar-refractivity contribution in [3.05, 3.63) is 23.2 Å². The molecule has 2 rings (SSSR count). The maximum Gasteiger partial charge on any atom is 0.573 e. The summed E-state index contributed by atoms with van der Waals surface area (Å²) in [5.41, 5.74) is 0.302. The number of anilines is 1. The first-order valence-corrected chi connectivity index (χ1v) is 7.14. The van der Waals surface area contributed by atoms with Crippen LogP contribution in [-0.4, -0.2) is 36.3 Å². The molecule has 0 saturated carbocycles. The number of guanidine groups is 2. The van der Waals surface area contributed by atoms with E-state index in [-0.39, 0.29) is 29.3 Å². The van der Waals surface area contributed by atoms with E-state index in [1.165, 1.54) is 12.1 Å². The Kier molecular flexibility index (Phi) is 6.97. The summed E-state index contributed by atoms with van der Waals surface area (Å²) in [5, 5.41) is 20.5. The molecule has 134 valence electrons. The maximum atomic E-state index is 12.2. The number of nitrogens with zero attached hydrogens (tertiary/aromatic N) is 1. The van der Waals surface area contributed by atoms with Gasteiger partial charge in [0.25, 0.3) is 0 Å². The van der Waals surface area contributed by atoms with E-state index < -0.39 is 12.1 Å². The number of alkyl halides is 3. The summed E-state index contributed by atoms with van der Waals surface area (Å²) < 4.78 is 40.2. The van der Waals surface area contributed by atoms with Crippen LogP contribution >= 0.6 is 24.0 Å². The van der Waals surface area contributed by atoms with Crippen LogP contribution in [0.15, 0.2) is 18.2 Å². The van der Waals surface area contributed by atoms with Crippen molar-refractivity contribution in [2.45, 2.75) is 19.2 Å². The molecule has 0 aliphatic carbocycles. The van der Waals surface area contributed by atoms with E-state index in [1.807, 2.05) is 0 Å². The first-order valence-electron chi connectivity index (χ1n) is 6.76. The molecule has 1 aliphatic heterocycles. The minimum atomic E-state index is -4.82. The Labute approximate surface area is 147 Å². The average molecular weight is 386 g/mol. The van der Waals surface area contributed by atoms with Crippen molar-refractivity contribution in [2.24, 2.45) is 0 Å². The van der Waals surface area contributed by atoms with Crippen LogP contribution in [0.1, 0.15) is 12.8 Å². The number of ether oxygens (including phenoxy) is 1. The highest BCUT2D eigenvalue weighted by Gasteiger charge is 2.32. The predicted octanol–water partition coefficient (Wildman–Crippen LogP) is 3.63. The highest BCUT2D eigenvalue weighted by atomic mass is 35.5. The molecule has 0 spiro atoms. The molecular formula is C13H16Cl2F3N5O. The zero-order chi connectivity index (χ0) is 17.0. The molecule has 0 atom stereocenters. The first-order chi connectivity index (χ1) is 10.7. The predicted molar refractivity (Wildman–Crippen MR) is 88.4 cm³/mol. The molecule has 1 fully saturated rings. The third-order valence-electron chi connectivity index (χ3n) is 3.09. The van der Waals surface area contributed by atoms with Crippen molar-refractivity contribution < 1.29 is 17.9 Å². The number of benzene rings is 1. The van der Waals surface area contributed by atoms with E-state index in [1.54, 1.807) is 4.90 Å². The summed E-state index contributed by atoms with van der Waals surface area (Å²) in [6.07, 6.45) is -2.82. The average Bonchev–Trinajstić information content (AvgIpc) is 2.94. The van der Waals surface area contributed by atoms with Gasteiger partial charge in [-0.1, -0.05) is 11.6 Å². The molecule has 0 bridgehead atoms. The van der Waals surface area contributed by atoms with Gasteiger partial charge in [0.2, 0.25) is 0 Å². The molecule has 1 aromatic rings. The smallest absolute Gasteiger partial charge is 0.404 e. The lowest BCUT2D eigenvalue weighted by molar-refractivity contribution is -0.274. The van der Waals surface area contributed by atoms with Gasteiger partial charge >= 0.3 is 6.36 Å². The van der Waals surface area contributed by atoms with Crippen molar-refractivity contribution in [1.82, 2.24) is 10.2 Å². The highest BCUT2D eigenvalue weighted by Crippen LogP contribution is 2.32. The lowest BCUT2D eigenvalue weighted by atomic mass is 10.3. The molecule has 0 amide bonds. The number of rotatable bonds is 2. The monoisotopic (exact) mass is 385 g/mol. The number of likely N-dealkylation sites (tertiary alicyclic amines) is 1. The van der Waals surface area contributed by atoms with Gasteiger partial charge in [-0.2, -0.15) is 0 Å². The first kappa shape index (κ1) is 20.2. The van der Waals surface area contributed by atoms with Gasteiger partial charge in [-0.3, -0.25) is 16.1 Å². The Morgan fingerprint density at radius 1 is 1.21 bits per heavy atom. The summed E-state index contributed by atoms with van der Waals surface area (Å²) in [5.74, 6) is -0.598. The summed E-state index contributed by atoms with van der Waals surface area (Å²) in [6, 6.07) is 3.55. The van der Waals surface area contributed by atoms with E-state index >= 15 is 0 Å². The molecule has 0 unspecified atom stereocenters. The topological polar surface area (TPSA) is 84.2 Å². The normalized spacial score (nSPS) is 13.9. The maximum absolute atomic E-state index is 12.2. The van der Waals surface area contributed by atoms with Crippen LogP contribution in [0.3, 0.4) is 0 Å². The largest absolute Gasteiger partial charge is 0.573 e.